The number of nitrogens with one attached hydrogen (secondary N) is 2. The average molecular weight is 369 g/mol. The number of primary amides is 1. The molecule has 3 rings (SSSR count). The van der Waals surface area contributed by atoms with Crippen LogP contribution in [0.4, 0.5) is 17.5 Å². The van der Waals surface area contributed by atoms with Gasteiger partial charge in [0.25, 0.3) is 5.91 Å². The van der Waals surface area contributed by atoms with Crippen molar-refractivity contribution in [1.29, 1.82) is 0 Å². The Labute approximate surface area is 156 Å². The summed E-state index contributed by atoms with van der Waals surface area (Å²) in [5, 5.41) is 24.1. The number of benzene rings is 1. The van der Waals surface area contributed by atoms with Crippen LogP contribution in [0.15, 0.2) is 30.5 Å². The minimum atomic E-state index is -0.713. The average Bonchev–Trinajstić information content (AvgIpc) is 3.04. The number of aromatic nitrogens is 4. The molecule has 2 aromatic heterocycles. The summed E-state index contributed by atoms with van der Waals surface area (Å²) in [6, 6.07) is 7.77. The van der Waals surface area contributed by atoms with Crippen molar-refractivity contribution in [2.75, 3.05) is 24.3 Å². The van der Waals surface area contributed by atoms with Crippen molar-refractivity contribution in [3.8, 4) is 0 Å². The lowest BCUT2D eigenvalue weighted by Gasteiger charge is -2.23. The smallest absolute Gasteiger partial charge is 0.273 e. The molecule has 0 unspecified atom stereocenters. The molecule has 0 aliphatic carbocycles. The molecule has 0 aliphatic rings. The second-order valence-electron chi connectivity index (χ2n) is 7.08. The predicted molar refractivity (Wildman–Crippen MR) is 104 cm³/mol. The molecule has 9 heteroatoms. The summed E-state index contributed by atoms with van der Waals surface area (Å²) in [5.41, 5.74) is 6.87. The number of anilines is 3. The molecule has 0 bridgehead atoms. The first-order valence-electron chi connectivity index (χ1n) is 8.52. The molecule has 9 nitrogen and oxygen atoms in total. The SMILES string of the molecule is CNc1nnc(C(N)=O)c(Nc2cccc3c2ccn3CC(C)(C)CO)n1. The van der Waals surface area contributed by atoms with Crippen LogP contribution in [-0.4, -0.2) is 44.4 Å². The molecule has 0 atom stereocenters. The summed E-state index contributed by atoms with van der Waals surface area (Å²) >= 11 is 0. The molecule has 1 amide bonds. The van der Waals surface area contributed by atoms with Crippen LogP contribution in [0.25, 0.3) is 10.9 Å². The minimum Gasteiger partial charge on any atom is -0.396 e. The number of nitrogens with two attached hydrogens (primary N) is 1. The molecule has 5 N–H and O–H groups in total. The first kappa shape index (κ1) is 18.6. The number of hydrogen-bond donors (Lipinski definition) is 4. The summed E-state index contributed by atoms with van der Waals surface area (Å²) in [4.78, 5) is 15.9. The van der Waals surface area contributed by atoms with Crippen molar-refractivity contribution in [1.82, 2.24) is 19.7 Å². The quantitative estimate of drug-likeness (QED) is 0.499. The molecule has 0 spiro atoms. The van der Waals surface area contributed by atoms with Gasteiger partial charge in [0.15, 0.2) is 11.5 Å². The van der Waals surface area contributed by atoms with Crippen LogP contribution in [-0.2, 0) is 6.54 Å². The lowest BCUT2D eigenvalue weighted by Crippen LogP contribution is -2.23. The molecule has 27 heavy (non-hydrogen) atoms. The highest BCUT2D eigenvalue weighted by Crippen LogP contribution is 2.29. The van der Waals surface area contributed by atoms with Gasteiger partial charge in [-0.15, -0.1) is 10.2 Å². The highest BCUT2D eigenvalue weighted by molar-refractivity contribution is 5.99. The fraction of sp³-hybridized carbons (Fsp3) is 0.333. The number of carbonyl (C=O) groups is 1. The number of fused-ring (bicyclic) bond motifs is 1. The molecule has 2 heterocycles. The lowest BCUT2D eigenvalue weighted by atomic mass is 9.95. The summed E-state index contributed by atoms with van der Waals surface area (Å²) in [5.74, 6) is -0.204. The number of nitrogens with zero attached hydrogens (tertiary/aromatic N) is 4. The van der Waals surface area contributed by atoms with E-state index >= 15 is 0 Å². The van der Waals surface area contributed by atoms with Gasteiger partial charge in [0.05, 0.1) is 5.52 Å². The Morgan fingerprint density at radius 3 is 2.74 bits per heavy atom. The van der Waals surface area contributed by atoms with E-state index in [-0.39, 0.29) is 29.5 Å². The van der Waals surface area contributed by atoms with Gasteiger partial charge in [-0.05, 0) is 18.2 Å². The van der Waals surface area contributed by atoms with Crippen molar-refractivity contribution >= 4 is 34.3 Å². The van der Waals surface area contributed by atoms with E-state index < -0.39 is 5.91 Å². The zero-order valence-corrected chi connectivity index (χ0v) is 15.5. The predicted octanol–water partition coefficient (Wildman–Crippen LogP) is 1.73. The van der Waals surface area contributed by atoms with Crippen molar-refractivity contribution in [2.45, 2.75) is 20.4 Å². The molecule has 0 fully saturated rings. The van der Waals surface area contributed by atoms with E-state index in [1.54, 1.807) is 7.05 Å². The van der Waals surface area contributed by atoms with Crippen LogP contribution < -0.4 is 16.4 Å². The fourth-order valence-electron chi connectivity index (χ4n) is 2.79. The highest BCUT2D eigenvalue weighted by atomic mass is 16.3. The molecule has 1 aromatic carbocycles. The summed E-state index contributed by atoms with van der Waals surface area (Å²) in [7, 11) is 1.66. The maximum absolute atomic E-state index is 11.7. The Balaban J connectivity index is 2.02. The number of rotatable bonds is 7. The molecule has 142 valence electrons. The first-order chi connectivity index (χ1) is 12.8. The fourth-order valence-corrected chi connectivity index (χ4v) is 2.79. The Morgan fingerprint density at radius 1 is 1.30 bits per heavy atom. The molecule has 0 radical (unpaired) electrons. The van der Waals surface area contributed by atoms with Gasteiger partial charge in [-0.25, -0.2) is 0 Å². The van der Waals surface area contributed by atoms with Crippen LogP contribution in [0, 0.1) is 5.41 Å². The molecular weight excluding hydrogens is 346 g/mol. The van der Waals surface area contributed by atoms with E-state index in [2.05, 4.69) is 30.4 Å². The highest BCUT2D eigenvalue weighted by Gasteiger charge is 2.19. The van der Waals surface area contributed by atoms with E-state index in [1.807, 2.05) is 44.3 Å². The molecule has 0 aliphatic heterocycles. The van der Waals surface area contributed by atoms with Gasteiger partial charge in [-0.3, -0.25) is 4.79 Å². The topological polar surface area (TPSA) is 131 Å². The zero-order valence-electron chi connectivity index (χ0n) is 15.5. The van der Waals surface area contributed by atoms with Gasteiger partial charge in [0.2, 0.25) is 5.95 Å². The van der Waals surface area contributed by atoms with Crippen LogP contribution in [0.1, 0.15) is 24.3 Å². The van der Waals surface area contributed by atoms with Crippen molar-refractivity contribution in [3.05, 3.63) is 36.2 Å². The Hall–Kier alpha value is -3.20. The monoisotopic (exact) mass is 369 g/mol. The van der Waals surface area contributed by atoms with E-state index in [9.17, 15) is 9.90 Å². The van der Waals surface area contributed by atoms with Gasteiger partial charge in [-0.2, -0.15) is 4.98 Å². The van der Waals surface area contributed by atoms with Crippen molar-refractivity contribution < 1.29 is 9.90 Å². The second-order valence-corrected chi connectivity index (χ2v) is 7.08. The maximum atomic E-state index is 11.7. The van der Waals surface area contributed by atoms with E-state index in [1.165, 1.54) is 0 Å². The number of aliphatic hydroxyl groups is 1. The van der Waals surface area contributed by atoms with Crippen LogP contribution >= 0.6 is 0 Å². The van der Waals surface area contributed by atoms with Crippen LogP contribution in [0.5, 0.6) is 0 Å². The number of aliphatic hydroxyl groups excluding tert-OH is 1. The number of amides is 1. The number of carbonyl (C=O) groups excluding carboxylic acids is 1. The second kappa shape index (κ2) is 7.20. The van der Waals surface area contributed by atoms with E-state index in [0.717, 1.165) is 16.6 Å². The maximum Gasteiger partial charge on any atom is 0.273 e. The minimum absolute atomic E-state index is 0.0353. The standard InChI is InChI=1S/C18H23N7O2/c1-18(2,10-26)9-25-8-7-11-12(5-4-6-13(11)25)21-16-14(15(19)27)23-24-17(20-3)22-16/h4-8,26H,9-10H2,1-3H3,(H2,19,27)(H2,20,21,22,24). The lowest BCUT2D eigenvalue weighted by molar-refractivity contribution is 0.0995. The molecule has 0 saturated carbocycles. The summed E-state index contributed by atoms with van der Waals surface area (Å²) < 4.78 is 2.09. The normalized spacial score (nSPS) is 11.6. The third kappa shape index (κ3) is 3.82. The van der Waals surface area contributed by atoms with E-state index in [4.69, 9.17) is 5.73 Å². The van der Waals surface area contributed by atoms with E-state index in [0.29, 0.717) is 6.54 Å². The Morgan fingerprint density at radius 2 is 2.07 bits per heavy atom. The first-order valence-corrected chi connectivity index (χ1v) is 8.52. The van der Waals surface area contributed by atoms with Crippen molar-refractivity contribution in [2.24, 2.45) is 11.1 Å². The van der Waals surface area contributed by atoms with Gasteiger partial charge in [0.1, 0.15) is 0 Å². The Bertz CT molecular complexity index is 981. The van der Waals surface area contributed by atoms with Gasteiger partial charge in [0, 0.05) is 42.9 Å². The Kier molecular flexibility index (Phi) is 4.95. The van der Waals surface area contributed by atoms with Gasteiger partial charge >= 0.3 is 0 Å². The van der Waals surface area contributed by atoms with Gasteiger partial charge < -0.3 is 26.0 Å². The number of hydrogen-bond acceptors (Lipinski definition) is 7. The summed E-state index contributed by atoms with van der Waals surface area (Å²) in [6.07, 6.45) is 1.97. The van der Waals surface area contributed by atoms with Crippen molar-refractivity contribution in [3.63, 3.8) is 0 Å². The molecule has 3 aromatic rings. The van der Waals surface area contributed by atoms with Crippen LogP contribution in [0.3, 0.4) is 0 Å². The molecule has 0 saturated heterocycles. The van der Waals surface area contributed by atoms with Gasteiger partial charge in [-0.1, -0.05) is 19.9 Å². The largest absolute Gasteiger partial charge is 0.396 e. The third-order valence-corrected chi connectivity index (χ3v) is 4.24. The third-order valence-electron chi connectivity index (χ3n) is 4.24. The molecular formula is C18H23N7O2. The zero-order chi connectivity index (χ0) is 19.6. The van der Waals surface area contributed by atoms with Crippen LogP contribution in [0.2, 0.25) is 0 Å². The summed E-state index contributed by atoms with van der Waals surface area (Å²) in [6.45, 7) is 4.77.